The van der Waals surface area contributed by atoms with E-state index in [0.717, 1.165) is 5.56 Å². The fourth-order valence-electron chi connectivity index (χ4n) is 4.19. The van der Waals surface area contributed by atoms with Crippen molar-refractivity contribution in [1.29, 1.82) is 0 Å². The van der Waals surface area contributed by atoms with Crippen molar-refractivity contribution >= 4 is 11.8 Å². The lowest BCUT2D eigenvalue weighted by Crippen LogP contribution is -2.54. The molecule has 0 aromatic heterocycles. The Morgan fingerprint density at radius 3 is 2.53 bits per heavy atom. The lowest BCUT2D eigenvalue weighted by Gasteiger charge is -2.41. The molecule has 4 rings (SSSR count). The first-order valence-corrected chi connectivity index (χ1v) is 10.4. The fourth-order valence-corrected chi connectivity index (χ4v) is 4.19. The first-order valence-electron chi connectivity index (χ1n) is 10.4. The van der Waals surface area contributed by atoms with E-state index in [2.05, 4.69) is 5.32 Å². The van der Waals surface area contributed by atoms with E-state index < -0.39 is 5.60 Å². The molecule has 2 aliphatic heterocycles. The number of likely N-dealkylation sites (tertiary alicyclic amines) is 1. The van der Waals surface area contributed by atoms with Gasteiger partial charge >= 0.3 is 0 Å². The number of methoxy groups -OCH3 is 1. The molecule has 1 unspecified atom stereocenters. The second-order valence-electron chi connectivity index (χ2n) is 8.29. The Morgan fingerprint density at radius 2 is 1.87 bits per heavy atom. The van der Waals surface area contributed by atoms with Crippen LogP contribution in [0, 0.1) is 6.92 Å². The number of nitrogens with one attached hydrogen (secondary N) is 1. The Hall–Kier alpha value is -3.02. The topological polar surface area (TPSA) is 67.9 Å². The summed E-state index contributed by atoms with van der Waals surface area (Å²) in [6.45, 7) is 5.63. The molecule has 0 radical (unpaired) electrons. The summed E-state index contributed by atoms with van der Waals surface area (Å²) in [7, 11) is 1.59. The molecule has 6 nitrogen and oxygen atoms in total. The smallest absolute Gasteiger partial charge is 0.255 e. The van der Waals surface area contributed by atoms with Crippen LogP contribution in [0.2, 0.25) is 0 Å². The molecule has 1 saturated heterocycles. The minimum atomic E-state index is -0.517. The highest BCUT2D eigenvalue weighted by Gasteiger charge is 2.41. The molecule has 6 heteroatoms. The molecule has 2 heterocycles. The number of nitrogens with zero attached hydrogens (tertiary/aromatic N) is 1. The van der Waals surface area contributed by atoms with Crippen LogP contribution in [0.25, 0.3) is 0 Å². The van der Waals surface area contributed by atoms with Gasteiger partial charge in [0.1, 0.15) is 17.1 Å². The lowest BCUT2D eigenvalue weighted by molar-refractivity contribution is -0.135. The van der Waals surface area contributed by atoms with Gasteiger partial charge in [-0.2, -0.15) is 0 Å². The van der Waals surface area contributed by atoms with Crippen molar-refractivity contribution < 1.29 is 19.1 Å². The molecule has 1 fully saturated rings. The summed E-state index contributed by atoms with van der Waals surface area (Å²) in [6.07, 6.45) is 1.33. The Balaban J connectivity index is 1.47. The van der Waals surface area contributed by atoms with Gasteiger partial charge in [-0.1, -0.05) is 29.8 Å². The van der Waals surface area contributed by atoms with Crippen molar-refractivity contribution in [3.05, 3.63) is 59.2 Å². The third-order valence-corrected chi connectivity index (χ3v) is 6.27. The van der Waals surface area contributed by atoms with Crippen LogP contribution in [-0.4, -0.2) is 49.1 Å². The number of rotatable bonds is 3. The highest BCUT2D eigenvalue weighted by Crippen LogP contribution is 2.35. The van der Waals surface area contributed by atoms with E-state index in [1.165, 1.54) is 5.56 Å². The van der Waals surface area contributed by atoms with E-state index in [9.17, 15) is 9.59 Å². The Bertz CT molecular complexity index is 946. The number of amides is 2. The van der Waals surface area contributed by atoms with E-state index in [1.54, 1.807) is 25.3 Å². The number of benzene rings is 2. The molecule has 1 N–H and O–H groups in total. The third kappa shape index (κ3) is 3.86. The molecule has 2 amide bonds. The van der Waals surface area contributed by atoms with Crippen molar-refractivity contribution in [3.63, 3.8) is 0 Å². The number of hydrogen-bond donors (Lipinski definition) is 1. The molecule has 1 atom stereocenters. The zero-order valence-electron chi connectivity index (χ0n) is 17.7. The van der Waals surface area contributed by atoms with Gasteiger partial charge < -0.3 is 19.7 Å². The first-order chi connectivity index (χ1) is 14.4. The van der Waals surface area contributed by atoms with Crippen molar-refractivity contribution in [2.24, 2.45) is 0 Å². The highest BCUT2D eigenvalue weighted by atomic mass is 16.5. The number of fused-ring (bicyclic) bond motifs is 1. The molecule has 30 heavy (non-hydrogen) atoms. The van der Waals surface area contributed by atoms with Gasteiger partial charge in [0.25, 0.3) is 5.91 Å². The van der Waals surface area contributed by atoms with Gasteiger partial charge in [0.05, 0.1) is 25.1 Å². The van der Waals surface area contributed by atoms with Crippen molar-refractivity contribution in [3.8, 4) is 11.5 Å². The van der Waals surface area contributed by atoms with E-state index in [1.807, 2.05) is 43.0 Å². The SMILES string of the molecule is COc1ccc2c(c1)OC1(CCN(C(=O)C(C)c3ccc(C)cc3)CC1)CNC2=O. The Kier molecular flexibility index (Phi) is 5.41. The third-order valence-electron chi connectivity index (χ3n) is 6.27. The van der Waals surface area contributed by atoms with Crippen LogP contribution in [-0.2, 0) is 4.79 Å². The molecule has 2 aromatic carbocycles. The molecule has 2 aromatic rings. The van der Waals surface area contributed by atoms with Crippen LogP contribution in [0.3, 0.4) is 0 Å². The zero-order valence-corrected chi connectivity index (χ0v) is 17.7. The summed E-state index contributed by atoms with van der Waals surface area (Å²) in [5.41, 5.74) is 2.21. The van der Waals surface area contributed by atoms with Crippen molar-refractivity contribution in [2.75, 3.05) is 26.7 Å². The fraction of sp³-hybridized carbons (Fsp3) is 0.417. The largest absolute Gasteiger partial charge is 0.497 e. The van der Waals surface area contributed by atoms with Crippen LogP contribution in [0.15, 0.2) is 42.5 Å². The van der Waals surface area contributed by atoms with E-state index in [-0.39, 0.29) is 17.7 Å². The molecule has 0 aliphatic carbocycles. The predicted molar refractivity (Wildman–Crippen MR) is 114 cm³/mol. The van der Waals surface area contributed by atoms with Gasteiger partial charge in [0, 0.05) is 32.0 Å². The standard InChI is InChI=1S/C24H28N2O4/c1-16-4-6-18(7-5-16)17(2)23(28)26-12-10-24(11-13-26)15-25-22(27)20-9-8-19(29-3)14-21(20)30-24/h4-9,14,17H,10-13,15H2,1-3H3,(H,25,27). The minimum Gasteiger partial charge on any atom is -0.497 e. The van der Waals surface area contributed by atoms with Gasteiger partial charge in [-0.05, 0) is 31.5 Å². The summed E-state index contributed by atoms with van der Waals surface area (Å²) < 4.78 is 11.7. The molecule has 0 bridgehead atoms. The van der Waals surface area contributed by atoms with Crippen molar-refractivity contribution in [1.82, 2.24) is 10.2 Å². The van der Waals surface area contributed by atoms with Crippen LogP contribution in [0.1, 0.15) is 47.2 Å². The quantitative estimate of drug-likeness (QED) is 0.846. The zero-order chi connectivity index (χ0) is 21.3. The normalized spacial score (nSPS) is 18.6. The second kappa shape index (κ2) is 8.01. The summed E-state index contributed by atoms with van der Waals surface area (Å²) in [6, 6.07) is 13.4. The van der Waals surface area contributed by atoms with Gasteiger partial charge in [-0.3, -0.25) is 9.59 Å². The number of hydrogen-bond acceptors (Lipinski definition) is 4. The van der Waals surface area contributed by atoms with Gasteiger partial charge in [0.2, 0.25) is 5.91 Å². The molecule has 158 valence electrons. The van der Waals surface area contributed by atoms with E-state index >= 15 is 0 Å². The van der Waals surface area contributed by atoms with Crippen LogP contribution in [0.4, 0.5) is 0 Å². The summed E-state index contributed by atoms with van der Waals surface area (Å²) in [5.74, 6) is 0.999. The summed E-state index contributed by atoms with van der Waals surface area (Å²) in [4.78, 5) is 27.4. The molecule has 1 spiro atoms. The number of aryl methyl sites for hydroxylation is 1. The number of piperidine rings is 1. The van der Waals surface area contributed by atoms with Crippen LogP contribution in [0.5, 0.6) is 11.5 Å². The van der Waals surface area contributed by atoms with E-state index in [4.69, 9.17) is 9.47 Å². The second-order valence-corrected chi connectivity index (χ2v) is 8.29. The maximum Gasteiger partial charge on any atom is 0.255 e. The van der Waals surface area contributed by atoms with Crippen LogP contribution < -0.4 is 14.8 Å². The summed E-state index contributed by atoms with van der Waals surface area (Å²) >= 11 is 0. The highest BCUT2D eigenvalue weighted by molar-refractivity contribution is 5.97. The average Bonchev–Trinajstić information content (AvgIpc) is 2.90. The Morgan fingerprint density at radius 1 is 1.17 bits per heavy atom. The number of ether oxygens (including phenoxy) is 2. The summed E-state index contributed by atoms with van der Waals surface area (Å²) in [5, 5.41) is 2.99. The predicted octanol–water partition coefficient (Wildman–Crippen LogP) is 3.29. The van der Waals surface area contributed by atoms with E-state index in [0.29, 0.717) is 49.5 Å². The van der Waals surface area contributed by atoms with Gasteiger partial charge in [-0.25, -0.2) is 0 Å². The monoisotopic (exact) mass is 408 g/mol. The first kappa shape index (κ1) is 20.3. The average molecular weight is 408 g/mol. The maximum absolute atomic E-state index is 13.1. The minimum absolute atomic E-state index is 0.133. The van der Waals surface area contributed by atoms with Crippen molar-refractivity contribution in [2.45, 2.75) is 38.2 Å². The van der Waals surface area contributed by atoms with Gasteiger partial charge in [0.15, 0.2) is 0 Å². The molecule has 0 saturated carbocycles. The maximum atomic E-state index is 13.1. The number of carbonyl (C=O) groups is 2. The van der Waals surface area contributed by atoms with Gasteiger partial charge in [-0.15, -0.1) is 0 Å². The van der Waals surface area contributed by atoms with Crippen LogP contribution >= 0.6 is 0 Å². The molecule has 2 aliphatic rings. The molecular weight excluding hydrogens is 380 g/mol. The Labute approximate surface area is 177 Å². The number of carbonyl (C=O) groups excluding carboxylic acids is 2. The molecular formula is C24H28N2O4. The lowest BCUT2D eigenvalue weighted by atomic mass is 9.89.